The van der Waals surface area contributed by atoms with Crippen LogP contribution in [0.3, 0.4) is 0 Å². The van der Waals surface area contributed by atoms with Gasteiger partial charge in [0.15, 0.2) is 11.7 Å². The van der Waals surface area contributed by atoms with E-state index >= 15 is 0 Å². The highest BCUT2D eigenvalue weighted by Crippen LogP contribution is 2.56. The van der Waals surface area contributed by atoms with Crippen LogP contribution >= 0.6 is 0 Å². The smallest absolute Gasteiger partial charge is 0.192 e. The number of hydrogen-bond donors (Lipinski definition) is 0. The molecular weight excluding hydrogens is 434 g/mol. The molecule has 5 unspecified atom stereocenters. The molecule has 1 aliphatic heterocycles. The Balaban J connectivity index is 1.56. The molecular formula is C35H44N+. The van der Waals surface area contributed by atoms with Crippen LogP contribution in [0.1, 0.15) is 115 Å². The summed E-state index contributed by atoms with van der Waals surface area (Å²) in [5.41, 5.74) is 10.6. The van der Waals surface area contributed by atoms with E-state index in [2.05, 4.69) is 100.0 Å². The Morgan fingerprint density at radius 1 is 0.861 bits per heavy atom. The Morgan fingerprint density at radius 2 is 1.67 bits per heavy atom. The van der Waals surface area contributed by atoms with Gasteiger partial charge in [-0.05, 0) is 91.2 Å². The minimum Gasteiger partial charge on any atom is -0.192 e. The molecule has 1 aromatic heterocycles. The predicted molar refractivity (Wildman–Crippen MR) is 151 cm³/mol. The van der Waals surface area contributed by atoms with Crippen molar-refractivity contribution in [2.75, 3.05) is 0 Å². The van der Waals surface area contributed by atoms with Crippen LogP contribution < -0.4 is 4.57 Å². The Morgan fingerprint density at radius 3 is 2.39 bits per heavy atom. The average Bonchev–Trinajstić information content (AvgIpc) is 2.94. The van der Waals surface area contributed by atoms with Crippen molar-refractivity contribution in [3.05, 3.63) is 77.5 Å². The fourth-order valence-electron chi connectivity index (χ4n) is 8.33. The molecule has 1 fully saturated rings. The lowest BCUT2D eigenvalue weighted by Crippen LogP contribution is -2.67. The molecule has 0 spiro atoms. The summed E-state index contributed by atoms with van der Waals surface area (Å²) in [6.07, 6.45) is 13.3. The Kier molecular flexibility index (Phi) is 5.90. The minimum atomic E-state index is 0.0457. The summed E-state index contributed by atoms with van der Waals surface area (Å²) in [4.78, 5) is 0. The third-order valence-corrected chi connectivity index (χ3v) is 11.0. The summed E-state index contributed by atoms with van der Waals surface area (Å²) >= 11 is 0. The number of rotatable bonds is 6. The fourth-order valence-corrected chi connectivity index (χ4v) is 8.33. The normalized spacial score (nSPS) is 30.0. The molecule has 3 aromatic rings. The van der Waals surface area contributed by atoms with Crippen LogP contribution in [-0.4, -0.2) is 0 Å². The van der Waals surface area contributed by atoms with Crippen molar-refractivity contribution in [1.29, 1.82) is 0 Å². The number of aromatic nitrogens is 1. The lowest BCUT2D eigenvalue weighted by Gasteiger charge is -2.48. The van der Waals surface area contributed by atoms with Crippen LogP contribution in [0.15, 0.2) is 60.8 Å². The first-order valence-electron chi connectivity index (χ1n) is 14.8. The highest BCUT2D eigenvalue weighted by molar-refractivity contribution is 5.74. The Hall–Kier alpha value is -2.41. The van der Waals surface area contributed by atoms with Gasteiger partial charge in [0.25, 0.3) is 0 Å². The van der Waals surface area contributed by atoms with Crippen molar-refractivity contribution in [2.45, 2.75) is 109 Å². The van der Waals surface area contributed by atoms with E-state index in [-0.39, 0.29) is 11.0 Å². The second-order valence-corrected chi connectivity index (χ2v) is 12.4. The monoisotopic (exact) mass is 478 g/mol. The zero-order valence-corrected chi connectivity index (χ0v) is 23.1. The molecule has 0 amide bonds. The molecule has 2 heterocycles. The maximum atomic E-state index is 2.75. The van der Waals surface area contributed by atoms with Gasteiger partial charge in [-0.15, -0.1) is 0 Å². The van der Waals surface area contributed by atoms with E-state index < -0.39 is 0 Å². The quantitative estimate of drug-likeness (QED) is 0.311. The van der Waals surface area contributed by atoms with Crippen molar-refractivity contribution in [3.63, 3.8) is 0 Å². The number of hydrogen-bond acceptors (Lipinski definition) is 0. The summed E-state index contributed by atoms with van der Waals surface area (Å²) in [5, 5.41) is 0. The molecule has 0 radical (unpaired) electrons. The first-order chi connectivity index (χ1) is 17.4. The number of nitrogens with zero attached hydrogens (tertiary/aromatic N) is 1. The van der Waals surface area contributed by atoms with Gasteiger partial charge in [0.05, 0.1) is 11.0 Å². The van der Waals surface area contributed by atoms with Crippen molar-refractivity contribution < 1.29 is 4.57 Å². The van der Waals surface area contributed by atoms with Crippen LogP contribution in [0, 0.1) is 5.92 Å². The van der Waals surface area contributed by atoms with Gasteiger partial charge in [-0.1, -0.05) is 70.0 Å². The van der Waals surface area contributed by atoms with E-state index in [4.69, 9.17) is 0 Å². The molecule has 1 saturated carbocycles. The van der Waals surface area contributed by atoms with Gasteiger partial charge in [0.2, 0.25) is 5.69 Å². The number of benzene rings is 2. The van der Waals surface area contributed by atoms with E-state index in [0.29, 0.717) is 0 Å². The van der Waals surface area contributed by atoms with Crippen molar-refractivity contribution in [3.8, 4) is 22.4 Å². The van der Waals surface area contributed by atoms with Crippen LogP contribution in [0.25, 0.3) is 22.4 Å². The summed E-state index contributed by atoms with van der Waals surface area (Å²) < 4.78 is 2.75. The number of unbranched alkanes of at least 4 members (excludes halogenated alkanes) is 1. The van der Waals surface area contributed by atoms with Crippen molar-refractivity contribution >= 4 is 0 Å². The van der Waals surface area contributed by atoms with Gasteiger partial charge in [-0.25, -0.2) is 0 Å². The molecule has 188 valence electrons. The second kappa shape index (κ2) is 8.86. The standard InChI is InChI=1S/C35H44N/c1-6-9-13-26-20-27-17-18-28(26)31-23-36-33(22-30(27)31)29-19-16-25(24-14-11-10-12-15-24)21-32(29)34(4,7-2)35(36,5)8-3/h10-12,14-16,19,21-23,26-28H,6-9,13,17-18,20H2,1-5H3/q+1. The highest BCUT2D eigenvalue weighted by Gasteiger charge is 2.57. The Bertz CT molecular complexity index is 1270. The third-order valence-electron chi connectivity index (χ3n) is 11.0. The van der Waals surface area contributed by atoms with Gasteiger partial charge < -0.3 is 0 Å². The SMILES string of the molecule is CCCCC1CC2CCC1c1c[n+]3c(cc12)-c1ccc(-c2ccccc2)cc1C(C)(CC)C3(C)CC. The van der Waals surface area contributed by atoms with Crippen LogP contribution in [0.4, 0.5) is 0 Å². The largest absolute Gasteiger partial charge is 0.213 e. The summed E-state index contributed by atoms with van der Waals surface area (Å²) in [7, 11) is 0. The lowest BCUT2D eigenvalue weighted by molar-refractivity contribution is -0.765. The van der Waals surface area contributed by atoms with Gasteiger partial charge in [-0.2, -0.15) is 4.57 Å². The van der Waals surface area contributed by atoms with Crippen molar-refractivity contribution in [1.82, 2.24) is 0 Å². The predicted octanol–water partition coefficient (Wildman–Crippen LogP) is 9.29. The molecule has 5 atom stereocenters. The minimum absolute atomic E-state index is 0.0457. The zero-order valence-electron chi connectivity index (χ0n) is 23.1. The van der Waals surface area contributed by atoms with Gasteiger partial charge in [-0.3, -0.25) is 0 Å². The lowest BCUT2D eigenvalue weighted by atomic mass is 9.58. The van der Waals surface area contributed by atoms with E-state index in [0.717, 1.165) is 30.6 Å². The molecule has 7 rings (SSSR count). The van der Waals surface area contributed by atoms with Crippen LogP contribution in [-0.2, 0) is 11.0 Å². The average molecular weight is 479 g/mol. The first kappa shape index (κ1) is 24.0. The molecule has 0 N–H and O–H groups in total. The van der Waals surface area contributed by atoms with E-state index in [1.54, 1.807) is 11.1 Å². The van der Waals surface area contributed by atoms with E-state index in [1.807, 2.05) is 0 Å². The summed E-state index contributed by atoms with van der Waals surface area (Å²) in [6, 6.07) is 20.9. The molecule has 1 heteroatoms. The van der Waals surface area contributed by atoms with Gasteiger partial charge >= 0.3 is 0 Å². The summed E-state index contributed by atoms with van der Waals surface area (Å²) in [6.45, 7) is 12.2. The van der Waals surface area contributed by atoms with E-state index in [1.165, 1.54) is 66.5 Å². The molecule has 2 aromatic carbocycles. The van der Waals surface area contributed by atoms with Gasteiger partial charge in [0, 0.05) is 25.0 Å². The summed E-state index contributed by atoms with van der Waals surface area (Å²) in [5.74, 6) is 2.42. The third kappa shape index (κ3) is 3.30. The molecule has 1 nitrogen and oxygen atoms in total. The molecule has 2 bridgehead atoms. The maximum Gasteiger partial charge on any atom is 0.213 e. The Labute approximate surface area is 219 Å². The zero-order chi connectivity index (χ0) is 25.1. The van der Waals surface area contributed by atoms with E-state index in [9.17, 15) is 0 Å². The highest BCUT2D eigenvalue weighted by atomic mass is 15.1. The van der Waals surface area contributed by atoms with Crippen molar-refractivity contribution in [2.24, 2.45) is 5.92 Å². The topological polar surface area (TPSA) is 3.88 Å². The second-order valence-electron chi connectivity index (χ2n) is 12.4. The molecule has 4 aliphatic rings. The molecule has 36 heavy (non-hydrogen) atoms. The fraction of sp³-hybridized carbons (Fsp3) is 0.514. The van der Waals surface area contributed by atoms with Crippen LogP contribution in [0.2, 0.25) is 0 Å². The molecule has 0 saturated heterocycles. The maximum absolute atomic E-state index is 2.75. The number of pyridine rings is 1. The van der Waals surface area contributed by atoms with Crippen LogP contribution in [0.5, 0.6) is 0 Å². The first-order valence-corrected chi connectivity index (χ1v) is 14.8. The molecule has 3 aliphatic carbocycles. The van der Waals surface area contributed by atoms with Gasteiger partial charge in [0.1, 0.15) is 0 Å². The number of fused-ring (bicyclic) bond motifs is 5.